The fourth-order valence-corrected chi connectivity index (χ4v) is 2.26. The van der Waals surface area contributed by atoms with E-state index < -0.39 is 0 Å². The van der Waals surface area contributed by atoms with Crippen LogP contribution in [-0.4, -0.2) is 10.9 Å². The molecule has 1 aromatic heterocycles. The Morgan fingerprint density at radius 3 is 2.61 bits per heavy atom. The molecule has 0 unspecified atom stereocenters. The lowest BCUT2D eigenvalue weighted by molar-refractivity contribution is 0.104. The summed E-state index contributed by atoms with van der Waals surface area (Å²) in [4.78, 5) is 24.5. The van der Waals surface area contributed by atoms with Gasteiger partial charge in [0, 0.05) is 5.56 Å². The maximum atomic E-state index is 12.4. The first-order valence-electron chi connectivity index (χ1n) is 7.08. The predicted octanol–water partition coefficient (Wildman–Crippen LogP) is 3.70. The molecule has 0 saturated carbocycles. The van der Waals surface area contributed by atoms with Crippen molar-refractivity contribution in [3.8, 4) is 5.75 Å². The largest absolute Gasteiger partial charge is 0.508 e. The summed E-state index contributed by atoms with van der Waals surface area (Å²) < 4.78 is 5.44. The van der Waals surface area contributed by atoms with Gasteiger partial charge in [0.05, 0.1) is 10.9 Å². The number of fused-ring (bicyclic) bond motifs is 1. The van der Waals surface area contributed by atoms with E-state index in [0.717, 1.165) is 5.56 Å². The molecule has 0 atom stereocenters. The Morgan fingerprint density at radius 2 is 1.87 bits per heavy atom. The summed E-state index contributed by atoms with van der Waals surface area (Å²) in [6, 6.07) is 11.3. The summed E-state index contributed by atoms with van der Waals surface area (Å²) in [5, 5.41) is 9.71. The van der Waals surface area contributed by atoms with E-state index in [0.29, 0.717) is 22.1 Å². The van der Waals surface area contributed by atoms with Crippen LogP contribution in [0.5, 0.6) is 5.75 Å². The fourth-order valence-electron chi connectivity index (χ4n) is 2.26. The van der Waals surface area contributed by atoms with Crippen LogP contribution in [0.3, 0.4) is 0 Å². The Kier molecular flexibility index (Phi) is 3.81. The smallest absolute Gasteiger partial charge is 0.199 e. The molecule has 0 saturated heterocycles. The molecule has 4 nitrogen and oxygen atoms in total. The first-order valence-corrected chi connectivity index (χ1v) is 7.08. The maximum absolute atomic E-state index is 12.4. The van der Waals surface area contributed by atoms with Gasteiger partial charge < -0.3 is 9.52 Å². The lowest BCUT2D eigenvalue weighted by atomic mass is 10.1. The summed E-state index contributed by atoms with van der Waals surface area (Å²) in [6.07, 6.45) is 4.11. The van der Waals surface area contributed by atoms with E-state index in [2.05, 4.69) is 0 Å². The van der Waals surface area contributed by atoms with Gasteiger partial charge in [0.25, 0.3) is 0 Å². The predicted molar refractivity (Wildman–Crippen MR) is 88.7 cm³/mol. The number of ketones is 1. The molecule has 1 N–H and O–H groups in total. The first-order chi connectivity index (χ1) is 11.0. The van der Waals surface area contributed by atoms with Crippen LogP contribution in [0.4, 0.5) is 0 Å². The van der Waals surface area contributed by atoms with Gasteiger partial charge in [-0.3, -0.25) is 9.59 Å². The highest BCUT2D eigenvalue weighted by Crippen LogP contribution is 2.15. The number of phenols is 1. The maximum Gasteiger partial charge on any atom is 0.199 e. The highest BCUT2D eigenvalue weighted by Gasteiger charge is 2.06. The standard InChI is InChI=1S/C19H14O4/c1-12-2-9-18-16(10-12)19(22)14(11-23-18)5-8-17(21)13-3-6-15(20)7-4-13/h2-11,20H,1H3. The fraction of sp³-hybridized carbons (Fsp3) is 0.0526. The summed E-state index contributed by atoms with van der Waals surface area (Å²) in [5.74, 6) is -0.162. The highest BCUT2D eigenvalue weighted by atomic mass is 16.3. The van der Waals surface area contributed by atoms with Gasteiger partial charge in [0.2, 0.25) is 0 Å². The SMILES string of the molecule is Cc1ccc2occ(C=CC(=O)c3ccc(O)cc3)c(=O)c2c1. The zero-order valence-corrected chi connectivity index (χ0v) is 12.4. The molecule has 0 aliphatic carbocycles. The number of hydrogen-bond donors (Lipinski definition) is 1. The van der Waals surface area contributed by atoms with Crippen molar-refractivity contribution in [3.63, 3.8) is 0 Å². The first kappa shape index (κ1) is 14.8. The zero-order valence-electron chi connectivity index (χ0n) is 12.4. The van der Waals surface area contributed by atoms with E-state index in [1.165, 1.54) is 42.7 Å². The van der Waals surface area contributed by atoms with E-state index in [9.17, 15) is 14.7 Å². The van der Waals surface area contributed by atoms with Crippen LogP contribution in [0.2, 0.25) is 0 Å². The summed E-state index contributed by atoms with van der Waals surface area (Å²) in [5.41, 5.74) is 2.05. The Balaban J connectivity index is 1.94. The summed E-state index contributed by atoms with van der Waals surface area (Å²) >= 11 is 0. The van der Waals surface area contributed by atoms with Crippen LogP contribution >= 0.6 is 0 Å². The molecule has 0 bridgehead atoms. The Morgan fingerprint density at radius 1 is 1.13 bits per heavy atom. The molecule has 1 heterocycles. The molecule has 3 aromatic rings. The number of benzene rings is 2. The summed E-state index contributed by atoms with van der Waals surface area (Å²) in [6.45, 7) is 1.90. The second-order valence-electron chi connectivity index (χ2n) is 5.26. The van der Waals surface area contributed by atoms with Crippen LogP contribution in [0.1, 0.15) is 21.5 Å². The minimum Gasteiger partial charge on any atom is -0.508 e. The number of phenolic OH excluding ortho intramolecular Hbond substituents is 1. The molecule has 23 heavy (non-hydrogen) atoms. The number of carbonyl (C=O) groups is 1. The second-order valence-corrected chi connectivity index (χ2v) is 5.26. The Hall–Kier alpha value is -3.14. The van der Waals surface area contributed by atoms with Gasteiger partial charge in [0.1, 0.15) is 17.6 Å². The van der Waals surface area contributed by atoms with Gasteiger partial charge in [-0.1, -0.05) is 11.6 Å². The molecule has 0 aliphatic heterocycles. The molecule has 114 valence electrons. The van der Waals surface area contributed by atoms with Crippen molar-refractivity contribution < 1.29 is 14.3 Å². The third-order valence-corrected chi connectivity index (χ3v) is 3.52. The molecular formula is C19H14O4. The van der Waals surface area contributed by atoms with Crippen LogP contribution < -0.4 is 5.43 Å². The van der Waals surface area contributed by atoms with Gasteiger partial charge in [-0.2, -0.15) is 0 Å². The van der Waals surface area contributed by atoms with Gasteiger partial charge in [-0.15, -0.1) is 0 Å². The van der Waals surface area contributed by atoms with Crippen molar-refractivity contribution in [1.82, 2.24) is 0 Å². The molecular weight excluding hydrogens is 292 g/mol. The molecule has 0 spiro atoms. The van der Waals surface area contributed by atoms with Crippen molar-refractivity contribution in [2.24, 2.45) is 0 Å². The average Bonchev–Trinajstić information content (AvgIpc) is 2.55. The molecule has 2 aromatic carbocycles. The van der Waals surface area contributed by atoms with Gasteiger partial charge in [0.15, 0.2) is 11.2 Å². The third-order valence-electron chi connectivity index (χ3n) is 3.52. The van der Waals surface area contributed by atoms with Crippen molar-refractivity contribution >= 4 is 22.8 Å². The average molecular weight is 306 g/mol. The Labute approximate surface area is 132 Å². The van der Waals surface area contributed by atoms with Crippen LogP contribution in [-0.2, 0) is 0 Å². The van der Waals surface area contributed by atoms with E-state index >= 15 is 0 Å². The topological polar surface area (TPSA) is 67.5 Å². The van der Waals surface area contributed by atoms with E-state index in [-0.39, 0.29) is 17.0 Å². The van der Waals surface area contributed by atoms with Crippen molar-refractivity contribution in [2.75, 3.05) is 0 Å². The van der Waals surface area contributed by atoms with Gasteiger partial charge in [-0.25, -0.2) is 0 Å². The lowest BCUT2D eigenvalue weighted by Crippen LogP contribution is -2.05. The minimum atomic E-state index is -0.256. The van der Waals surface area contributed by atoms with Crippen molar-refractivity contribution in [3.05, 3.63) is 81.7 Å². The number of aryl methyl sites for hydroxylation is 1. The van der Waals surface area contributed by atoms with Crippen molar-refractivity contribution in [1.29, 1.82) is 0 Å². The normalized spacial score (nSPS) is 11.2. The molecule has 4 heteroatoms. The lowest BCUT2D eigenvalue weighted by Gasteiger charge is -2.00. The monoisotopic (exact) mass is 306 g/mol. The quantitative estimate of drug-likeness (QED) is 0.592. The molecule has 0 radical (unpaired) electrons. The third kappa shape index (κ3) is 3.06. The molecule has 0 amide bonds. The zero-order chi connectivity index (χ0) is 16.4. The number of aromatic hydroxyl groups is 1. The number of rotatable bonds is 3. The molecule has 0 aliphatic rings. The van der Waals surface area contributed by atoms with Crippen molar-refractivity contribution in [2.45, 2.75) is 6.92 Å². The Bertz CT molecular complexity index is 963. The molecule has 0 fully saturated rings. The number of allylic oxidation sites excluding steroid dienone is 1. The highest BCUT2D eigenvalue weighted by molar-refractivity contribution is 6.06. The van der Waals surface area contributed by atoms with E-state index in [4.69, 9.17) is 4.42 Å². The van der Waals surface area contributed by atoms with E-state index in [1.54, 1.807) is 12.1 Å². The second kappa shape index (κ2) is 5.93. The van der Waals surface area contributed by atoms with Crippen LogP contribution in [0.15, 0.2) is 64.0 Å². The van der Waals surface area contributed by atoms with E-state index in [1.807, 2.05) is 13.0 Å². The van der Waals surface area contributed by atoms with Gasteiger partial charge in [-0.05, 0) is 55.5 Å². The van der Waals surface area contributed by atoms with Crippen LogP contribution in [0, 0.1) is 6.92 Å². The summed E-state index contributed by atoms with van der Waals surface area (Å²) in [7, 11) is 0. The molecule has 3 rings (SSSR count). The van der Waals surface area contributed by atoms with Gasteiger partial charge >= 0.3 is 0 Å². The minimum absolute atomic E-state index is 0.0936. The number of carbonyl (C=O) groups excluding carboxylic acids is 1. The number of hydrogen-bond acceptors (Lipinski definition) is 4. The van der Waals surface area contributed by atoms with Crippen LogP contribution in [0.25, 0.3) is 17.0 Å².